The Morgan fingerprint density at radius 2 is 1.56 bits per heavy atom. The lowest BCUT2D eigenvalue weighted by molar-refractivity contribution is 0.824. The van der Waals surface area contributed by atoms with Gasteiger partial charge in [-0.1, -0.05) is 26.0 Å². The molecule has 0 aliphatic heterocycles. The minimum Gasteiger partial charge on any atom is -0.251 e. The highest BCUT2D eigenvalue weighted by molar-refractivity contribution is 9.10. The van der Waals surface area contributed by atoms with Gasteiger partial charge in [0.25, 0.3) is 0 Å². The fraction of sp³-hybridized carbons (Fsp3) is 0.231. The van der Waals surface area contributed by atoms with Crippen LogP contribution in [0.1, 0.15) is 25.5 Å². The average Bonchev–Trinajstić information content (AvgIpc) is 2.29. The number of aromatic nitrogens is 2. The first-order valence-corrected chi connectivity index (χ1v) is 6.06. The Hall–Kier alpha value is -1.22. The molecule has 0 saturated carbocycles. The summed E-state index contributed by atoms with van der Waals surface area (Å²) < 4.78 is 0.835. The molecule has 2 aromatic rings. The van der Waals surface area contributed by atoms with Crippen LogP contribution in [0.3, 0.4) is 0 Å². The molecule has 2 rings (SSSR count). The molecule has 16 heavy (non-hydrogen) atoms. The molecule has 82 valence electrons. The molecule has 0 aliphatic rings. The van der Waals surface area contributed by atoms with Crippen LogP contribution in [0.2, 0.25) is 0 Å². The second kappa shape index (κ2) is 4.74. The maximum atomic E-state index is 4.60. The Morgan fingerprint density at radius 3 is 2.19 bits per heavy atom. The van der Waals surface area contributed by atoms with E-state index >= 15 is 0 Å². The number of pyridine rings is 2. The molecule has 0 atom stereocenters. The van der Waals surface area contributed by atoms with E-state index in [9.17, 15) is 0 Å². The summed E-state index contributed by atoms with van der Waals surface area (Å²) in [4.78, 5) is 9.00. The summed E-state index contributed by atoms with van der Waals surface area (Å²) in [6, 6.07) is 11.9. The molecule has 0 fully saturated rings. The van der Waals surface area contributed by atoms with Crippen LogP contribution in [0, 0.1) is 0 Å². The van der Waals surface area contributed by atoms with E-state index in [1.54, 1.807) is 0 Å². The lowest BCUT2D eigenvalue weighted by atomic mass is 10.1. The van der Waals surface area contributed by atoms with Crippen LogP contribution in [-0.4, -0.2) is 9.97 Å². The molecule has 0 radical (unpaired) electrons. The lowest BCUT2D eigenvalue weighted by Gasteiger charge is -2.06. The van der Waals surface area contributed by atoms with Crippen molar-refractivity contribution in [3.63, 3.8) is 0 Å². The molecule has 0 aromatic carbocycles. The summed E-state index contributed by atoms with van der Waals surface area (Å²) in [6.07, 6.45) is 0. The van der Waals surface area contributed by atoms with Crippen LogP contribution in [-0.2, 0) is 0 Å². The van der Waals surface area contributed by atoms with Crippen molar-refractivity contribution in [2.45, 2.75) is 19.8 Å². The molecule has 0 bridgehead atoms. The van der Waals surface area contributed by atoms with E-state index in [0.29, 0.717) is 5.92 Å². The first-order valence-electron chi connectivity index (χ1n) is 5.26. The zero-order valence-corrected chi connectivity index (χ0v) is 10.9. The molecule has 3 heteroatoms. The van der Waals surface area contributed by atoms with Crippen LogP contribution in [0.25, 0.3) is 11.4 Å². The third-order valence-corrected chi connectivity index (χ3v) is 2.78. The summed E-state index contributed by atoms with van der Waals surface area (Å²) in [5.74, 6) is 0.437. The topological polar surface area (TPSA) is 25.8 Å². The van der Waals surface area contributed by atoms with Crippen LogP contribution in [0.5, 0.6) is 0 Å². The van der Waals surface area contributed by atoms with Crippen molar-refractivity contribution >= 4 is 15.9 Å². The molecular weight excluding hydrogens is 264 g/mol. The van der Waals surface area contributed by atoms with Crippen LogP contribution in [0.15, 0.2) is 41.0 Å². The largest absolute Gasteiger partial charge is 0.251 e. The van der Waals surface area contributed by atoms with Gasteiger partial charge in [-0.15, -0.1) is 0 Å². The number of nitrogens with zero attached hydrogens (tertiary/aromatic N) is 2. The number of hydrogen-bond donors (Lipinski definition) is 0. The Morgan fingerprint density at radius 1 is 0.938 bits per heavy atom. The zero-order chi connectivity index (χ0) is 11.5. The molecule has 0 saturated heterocycles. The second-order valence-corrected chi connectivity index (χ2v) is 4.76. The summed E-state index contributed by atoms with van der Waals surface area (Å²) in [5, 5.41) is 0. The van der Waals surface area contributed by atoms with Crippen LogP contribution < -0.4 is 0 Å². The van der Waals surface area contributed by atoms with Gasteiger partial charge in [-0.2, -0.15) is 0 Å². The Labute approximate surface area is 104 Å². The van der Waals surface area contributed by atoms with Gasteiger partial charge in [-0.05, 0) is 46.1 Å². The fourth-order valence-corrected chi connectivity index (χ4v) is 1.81. The van der Waals surface area contributed by atoms with Crippen molar-refractivity contribution < 1.29 is 0 Å². The van der Waals surface area contributed by atoms with Gasteiger partial charge in [0, 0.05) is 5.69 Å². The molecule has 2 aromatic heterocycles. The van der Waals surface area contributed by atoms with Gasteiger partial charge in [0.1, 0.15) is 4.60 Å². The predicted octanol–water partition coefficient (Wildman–Crippen LogP) is 4.03. The lowest BCUT2D eigenvalue weighted by Crippen LogP contribution is -1.95. The molecular formula is C13H13BrN2. The smallest absolute Gasteiger partial charge is 0.106 e. The van der Waals surface area contributed by atoms with Gasteiger partial charge >= 0.3 is 0 Å². The normalized spacial score (nSPS) is 10.8. The summed E-state index contributed by atoms with van der Waals surface area (Å²) >= 11 is 3.37. The van der Waals surface area contributed by atoms with E-state index in [0.717, 1.165) is 21.7 Å². The van der Waals surface area contributed by atoms with Gasteiger partial charge in [0.2, 0.25) is 0 Å². The SMILES string of the molecule is CC(C)c1cccc(-c2cccc(Br)n2)n1. The predicted molar refractivity (Wildman–Crippen MR) is 69.3 cm³/mol. The third kappa shape index (κ3) is 2.47. The highest BCUT2D eigenvalue weighted by Crippen LogP contribution is 2.19. The molecule has 0 aliphatic carbocycles. The van der Waals surface area contributed by atoms with Crippen molar-refractivity contribution in [1.29, 1.82) is 0 Å². The summed E-state index contributed by atoms with van der Waals surface area (Å²) in [7, 11) is 0. The summed E-state index contributed by atoms with van der Waals surface area (Å²) in [6.45, 7) is 4.28. The highest BCUT2D eigenvalue weighted by atomic mass is 79.9. The van der Waals surface area contributed by atoms with Gasteiger partial charge in [0.15, 0.2) is 0 Å². The Balaban J connectivity index is 2.44. The first kappa shape index (κ1) is 11.3. The number of halogens is 1. The van der Waals surface area contributed by atoms with E-state index in [1.807, 2.05) is 36.4 Å². The van der Waals surface area contributed by atoms with Gasteiger partial charge in [-0.25, -0.2) is 4.98 Å². The highest BCUT2D eigenvalue weighted by Gasteiger charge is 2.05. The maximum Gasteiger partial charge on any atom is 0.106 e. The Kier molecular flexibility index (Phi) is 3.34. The summed E-state index contributed by atoms with van der Waals surface area (Å²) in [5.41, 5.74) is 2.92. The van der Waals surface area contributed by atoms with E-state index in [-0.39, 0.29) is 0 Å². The van der Waals surface area contributed by atoms with Gasteiger partial charge in [-0.3, -0.25) is 4.98 Å². The van der Waals surface area contributed by atoms with Crippen molar-refractivity contribution in [2.24, 2.45) is 0 Å². The fourth-order valence-electron chi connectivity index (χ4n) is 1.47. The quantitative estimate of drug-likeness (QED) is 0.774. The molecule has 0 unspecified atom stereocenters. The van der Waals surface area contributed by atoms with Gasteiger partial charge < -0.3 is 0 Å². The molecule has 0 spiro atoms. The van der Waals surface area contributed by atoms with Crippen molar-refractivity contribution in [3.05, 3.63) is 46.7 Å². The van der Waals surface area contributed by atoms with Crippen molar-refractivity contribution in [2.75, 3.05) is 0 Å². The molecule has 0 amide bonds. The monoisotopic (exact) mass is 276 g/mol. The number of hydrogen-bond acceptors (Lipinski definition) is 2. The molecule has 0 N–H and O–H groups in total. The third-order valence-electron chi connectivity index (χ3n) is 2.34. The zero-order valence-electron chi connectivity index (χ0n) is 9.31. The first-order chi connectivity index (χ1) is 7.66. The van der Waals surface area contributed by atoms with E-state index in [2.05, 4.69) is 39.7 Å². The van der Waals surface area contributed by atoms with E-state index in [1.165, 1.54) is 0 Å². The molecule has 2 nitrogen and oxygen atoms in total. The van der Waals surface area contributed by atoms with E-state index in [4.69, 9.17) is 0 Å². The Bertz CT molecular complexity index is 495. The van der Waals surface area contributed by atoms with E-state index < -0.39 is 0 Å². The average molecular weight is 277 g/mol. The van der Waals surface area contributed by atoms with Crippen LogP contribution >= 0.6 is 15.9 Å². The standard InChI is InChI=1S/C13H13BrN2/c1-9(2)10-5-3-6-11(15-10)12-7-4-8-13(14)16-12/h3-9H,1-2H3. The minimum atomic E-state index is 0.437. The van der Waals surface area contributed by atoms with Gasteiger partial charge in [0.05, 0.1) is 11.4 Å². The van der Waals surface area contributed by atoms with Crippen molar-refractivity contribution in [3.8, 4) is 11.4 Å². The number of rotatable bonds is 2. The second-order valence-electron chi connectivity index (χ2n) is 3.95. The van der Waals surface area contributed by atoms with Crippen LogP contribution in [0.4, 0.5) is 0 Å². The van der Waals surface area contributed by atoms with Crippen molar-refractivity contribution in [1.82, 2.24) is 9.97 Å². The molecule has 2 heterocycles. The minimum absolute atomic E-state index is 0.437. The maximum absolute atomic E-state index is 4.60.